The van der Waals surface area contributed by atoms with Gasteiger partial charge in [-0.3, -0.25) is 0 Å². The highest BCUT2D eigenvalue weighted by atomic mass is 35.5. The number of hydrogen-bond acceptors (Lipinski definition) is 3. The third-order valence-electron chi connectivity index (χ3n) is 2.22. The van der Waals surface area contributed by atoms with Crippen LogP contribution in [0.2, 0.25) is 5.02 Å². The van der Waals surface area contributed by atoms with Crippen molar-refractivity contribution in [3.05, 3.63) is 22.7 Å². The molecule has 1 N–H and O–H groups in total. The molecule has 0 radical (unpaired) electrons. The monoisotopic (exact) mass is 247 g/mol. The van der Waals surface area contributed by atoms with Gasteiger partial charge in [0.1, 0.15) is 6.17 Å². The van der Waals surface area contributed by atoms with E-state index >= 15 is 0 Å². The molecule has 0 aliphatic heterocycles. The zero-order chi connectivity index (χ0) is 12.1. The number of methoxy groups -OCH3 is 2. The van der Waals surface area contributed by atoms with Crippen molar-refractivity contribution >= 4 is 11.6 Å². The number of likely N-dealkylation sites (N-methyl/N-ethyl adjacent to an activating group) is 1. The zero-order valence-corrected chi connectivity index (χ0v) is 10.3. The van der Waals surface area contributed by atoms with E-state index < -0.39 is 6.17 Å². The predicted octanol–water partition coefficient (Wildman–Crippen LogP) is 2.59. The lowest BCUT2D eigenvalue weighted by atomic mass is 10.1. The first-order valence-corrected chi connectivity index (χ1v) is 5.22. The van der Waals surface area contributed by atoms with E-state index in [9.17, 15) is 4.39 Å². The Morgan fingerprint density at radius 2 is 1.88 bits per heavy atom. The SMILES string of the molecule is CNCC(F)c1cc(OC)c(OC)cc1Cl. The van der Waals surface area contributed by atoms with E-state index in [1.165, 1.54) is 14.2 Å². The molecule has 16 heavy (non-hydrogen) atoms. The van der Waals surface area contributed by atoms with Crippen molar-refractivity contribution in [2.75, 3.05) is 27.8 Å². The molecule has 0 fully saturated rings. The Bertz CT molecular complexity index is 360. The van der Waals surface area contributed by atoms with Gasteiger partial charge >= 0.3 is 0 Å². The van der Waals surface area contributed by atoms with Gasteiger partial charge in [-0.25, -0.2) is 4.39 Å². The second-order valence-corrected chi connectivity index (χ2v) is 3.66. The molecule has 3 nitrogen and oxygen atoms in total. The van der Waals surface area contributed by atoms with Gasteiger partial charge in [-0.05, 0) is 13.1 Å². The molecular formula is C11H15ClFNO2. The summed E-state index contributed by atoms with van der Waals surface area (Å²) in [5.74, 6) is 0.966. The van der Waals surface area contributed by atoms with Crippen molar-refractivity contribution in [1.82, 2.24) is 5.32 Å². The molecule has 1 rings (SSSR count). The summed E-state index contributed by atoms with van der Waals surface area (Å²) in [5.41, 5.74) is 0.397. The molecule has 0 saturated carbocycles. The summed E-state index contributed by atoms with van der Waals surface area (Å²) in [6.45, 7) is 0.204. The van der Waals surface area contributed by atoms with E-state index in [4.69, 9.17) is 21.1 Å². The minimum atomic E-state index is -1.17. The molecule has 0 aliphatic carbocycles. The van der Waals surface area contributed by atoms with Crippen molar-refractivity contribution in [1.29, 1.82) is 0 Å². The predicted molar refractivity (Wildman–Crippen MR) is 62.3 cm³/mol. The lowest BCUT2D eigenvalue weighted by Gasteiger charge is -2.14. The zero-order valence-electron chi connectivity index (χ0n) is 9.51. The maximum absolute atomic E-state index is 13.7. The molecule has 5 heteroatoms. The summed E-state index contributed by atoms with van der Waals surface area (Å²) in [7, 11) is 4.69. The van der Waals surface area contributed by atoms with Crippen molar-refractivity contribution < 1.29 is 13.9 Å². The summed E-state index contributed by atoms with van der Waals surface area (Å²) < 4.78 is 23.9. The number of benzene rings is 1. The van der Waals surface area contributed by atoms with Crippen LogP contribution in [0.3, 0.4) is 0 Å². The first-order chi connectivity index (χ1) is 7.63. The normalized spacial score (nSPS) is 12.3. The van der Waals surface area contributed by atoms with E-state index in [0.29, 0.717) is 22.1 Å². The van der Waals surface area contributed by atoms with Crippen LogP contribution in [-0.4, -0.2) is 27.8 Å². The fourth-order valence-electron chi connectivity index (χ4n) is 1.40. The van der Waals surface area contributed by atoms with E-state index in [0.717, 1.165) is 0 Å². The highest BCUT2D eigenvalue weighted by Crippen LogP contribution is 2.36. The Labute approximate surface area is 99.5 Å². The summed E-state index contributed by atoms with van der Waals surface area (Å²) >= 11 is 5.96. The minimum Gasteiger partial charge on any atom is -0.493 e. The number of halogens is 2. The van der Waals surface area contributed by atoms with Crippen LogP contribution in [0.25, 0.3) is 0 Å². The van der Waals surface area contributed by atoms with Crippen LogP contribution in [0.5, 0.6) is 11.5 Å². The third kappa shape index (κ3) is 2.77. The summed E-state index contributed by atoms with van der Waals surface area (Å²) in [4.78, 5) is 0. The van der Waals surface area contributed by atoms with Crippen LogP contribution >= 0.6 is 11.6 Å². The molecule has 0 amide bonds. The molecule has 0 aliphatic rings. The largest absolute Gasteiger partial charge is 0.493 e. The average molecular weight is 248 g/mol. The van der Waals surface area contributed by atoms with Crippen LogP contribution in [0.4, 0.5) is 4.39 Å². The first-order valence-electron chi connectivity index (χ1n) is 4.84. The van der Waals surface area contributed by atoms with Crippen LogP contribution in [-0.2, 0) is 0 Å². The van der Waals surface area contributed by atoms with Gasteiger partial charge in [0.15, 0.2) is 11.5 Å². The Kier molecular flexibility index (Phi) is 4.83. The van der Waals surface area contributed by atoms with Gasteiger partial charge < -0.3 is 14.8 Å². The van der Waals surface area contributed by atoms with Gasteiger partial charge in [-0.2, -0.15) is 0 Å². The van der Waals surface area contributed by atoms with Gasteiger partial charge in [0.05, 0.1) is 19.2 Å². The number of rotatable bonds is 5. The fourth-order valence-corrected chi connectivity index (χ4v) is 1.67. The van der Waals surface area contributed by atoms with E-state index in [1.807, 2.05) is 0 Å². The van der Waals surface area contributed by atoms with Crippen molar-refractivity contribution in [3.8, 4) is 11.5 Å². The number of ether oxygens (including phenoxy) is 2. The molecule has 90 valence electrons. The minimum absolute atomic E-state index is 0.204. The third-order valence-corrected chi connectivity index (χ3v) is 2.55. The van der Waals surface area contributed by atoms with E-state index in [-0.39, 0.29) is 6.54 Å². The molecule has 1 aromatic rings. The van der Waals surface area contributed by atoms with E-state index in [1.54, 1.807) is 19.2 Å². The molecule has 0 saturated heterocycles. The lowest BCUT2D eigenvalue weighted by Crippen LogP contribution is -2.14. The van der Waals surface area contributed by atoms with Gasteiger partial charge in [0.2, 0.25) is 0 Å². The topological polar surface area (TPSA) is 30.5 Å². The molecule has 0 bridgehead atoms. The maximum Gasteiger partial charge on any atom is 0.162 e. The van der Waals surface area contributed by atoms with Crippen LogP contribution < -0.4 is 14.8 Å². The highest BCUT2D eigenvalue weighted by molar-refractivity contribution is 6.31. The number of hydrogen-bond donors (Lipinski definition) is 1. The van der Waals surface area contributed by atoms with E-state index in [2.05, 4.69) is 5.32 Å². The smallest absolute Gasteiger partial charge is 0.162 e. The van der Waals surface area contributed by atoms with Gasteiger partial charge in [-0.1, -0.05) is 11.6 Å². The first kappa shape index (κ1) is 13.1. The quantitative estimate of drug-likeness (QED) is 0.868. The molecule has 1 atom stereocenters. The molecule has 0 heterocycles. The van der Waals surface area contributed by atoms with Crippen molar-refractivity contribution in [2.24, 2.45) is 0 Å². The number of alkyl halides is 1. The van der Waals surface area contributed by atoms with Crippen LogP contribution in [0.15, 0.2) is 12.1 Å². The van der Waals surface area contributed by atoms with Gasteiger partial charge in [0.25, 0.3) is 0 Å². The maximum atomic E-state index is 13.7. The Hall–Kier alpha value is -1.00. The second kappa shape index (κ2) is 5.92. The van der Waals surface area contributed by atoms with Crippen LogP contribution in [0.1, 0.15) is 11.7 Å². The fraction of sp³-hybridized carbons (Fsp3) is 0.455. The van der Waals surface area contributed by atoms with Gasteiger partial charge in [0, 0.05) is 18.2 Å². The molecular weight excluding hydrogens is 233 g/mol. The van der Waals surface area contributed by atoms with Gasteiger partial charge in [-0.15, -0.1) is 0 Å². The highest BCUT2D eigenvalue weighted by Gasteiger charge is 2.17. The van der Waals surface area contributed by atoms with Crippen molar-refractivity contribution in [3.63, 3.8) is 0 Å². The van der Waals surface area contributed by atoms with Crippen molar-refractivity contribution in [2.45, 2.75) is 6.17 Å². The Balaban J connectivity index is 3.10. The molecule has 0 spiro atoms. The number of nitrogens with one attached hydrogen (secondary N) is 1. The van der Waals surface area contributed by atoms with Crippen LogP contribution in [0, 0.1) is 0 Å². The second-order valence-electron chi connectivity index (χ2n) is 3.25. The summed E-state index contributed by atoms with van der Waals surface area (Å²) in [5, 5.41) is 3.09. The molecule has 0 aromatic heterocycles. The lowest BCUT2D eigenvalue weighted by molar-refractivity contribution is 0.328. The summed E-state index contributed by atoms with van der Waals surface area (Å²) in [6, 6.07) is 3.11. The standard InChI is InChI=1S/C11H15ClFNO2/c1-14-6-9(13)7-4-10(15-2)11(16-3)5-8(7)12/h4-5,9,14H,6H2,1-3H3. The Morgan fingerprint density at radius 3 is 2.38 bits per heavy atom. The molecule has 1 aromatic carbocycles. The Morgan fingerprint density at radius 1 is 1.31 bits per heavy atom. The summed E-state index contributed by atoms with van der Waals surface area (Å²) in [6.07, 6.45) is -1.17. The average Bonchev–Trinajstić information content (AvgIpc) is 2.28. The molecule has 1 unspecified atom stereocenters.